The molecule has 3 aromatic carbocycles. The highest BCUT2D eigenvalue weighted by Crippen LogP contribution is 2.32. The van der Waals surface area contributed by atoms with E-state index in [9.17, 15) is 18.0 Å². The molecule has 9 heteroatoms. The molecule has 0 bridgehead atoms. The van der Waals surface area contributed by atoms with Crippen LogP contribution in [0.25, 0.3) is 0 Å². The molecule has 0 aliphatic heterocycles. The minimum Gasteiger partial charge on any atom is -0.495 e. The van der Waals surface area contributed by atoms with E-state index in [0.29, 0.717) is 12.2 Å². The number of carbonyl (C=O) groups is 2. The third-order valence-corrected chi connectivity index (χ3v) is 9.37. The molecule has 2 amide bonds. The number of carbonyl (C=O) groups excluding carboxylic acids is 2. The number of ether oxygens (including phenoxy) is 1. The first kappa shape index (κ1) is 30.1. The third kappa shape index (κ3) is 7.47. The first-order valence-corrected chi connectivity index (χ1v) is 15.5. The number of hydrogen-bond donors (Lipinski definition) is 1. The van der Waals surface area contributed by atoms with Gasteiger partial charge in [0.15, 0.2) is 0 Å². The second-order valence-electron chi connectivity index (χ2n) is 10.5. The van der Waals surface area contributed by atoms with Gasteiger partial charge in [0.05, 0.1) is 17.7 Å². The third-order valence-electron chi connectivity index (χ3n) is 7.59. The fraction of sp³-hybridized carbons (Fsp3) is 0.375. The van der Waals surface area contributed by atoms with Crippen molar-refractivity contribution < 1.29 is 22.7 Å². The predicted octanol–water partition coefficient (Wildman–Crippen LogP) is 4.72. The summed E-state index contributed by atoms with van der Waals surface area (Å²) in [6, 6.07) is 22.2. The van der Waals surface area contributed by atoms with E-state index in [1.807, 2.05) is 37.3 Å². The van der Waals surface area contributed by atoms with Crippen LogP contribution in [0, 0.1) is 6.92 Å². The van der Waals surface area contributed by atoms with Crippen molar-refractivity contribution >= 4 is 27.5 Å². The fourth-order valence-corrected chi connectivity index (χ4v) is 6.57. The average Bonchev–Trinajstić information content (AvgIpc) is 3.49. The van der Waals surface area contributed by atoms with Gasteiger partial charge in [-0.1, -0.05) is 73.0 Å². The maximum atomic E-state index is 14.1. The fourth-order valence-electron chi connectivity index (χ4n) is 5.15. The molecule has 1 saturated carbocycles. The van der Waals surface area contributed by atoms with Crippen molar-refractivity contribution in [1.29, 1.82) is 0 Å². The Kier molecular flexibility index (Phi) is 10.0. The Balaban J connectivity index is 1.67. The predicted molar refractivity (Wildman–Crippen MR) is 160 cm³/mol. The zero-order valence-corrected chi connectivity index (χ0v) is 24.8. The summed E-state index contributed by atoms with van der Waals surface area (Å²) in [6.07, 6.45) is 4.51. The monoisotopic (exact) mass is 577 g/mol. The van der Waals surface area contributed by atoms with Crippen molar-refractivity contribution in [3.05, 3.63) is 90.0 Å². The molecule has 0 radical (unpaired) electrons. The van der Waals surface area contributed by atoms with E-state index in [2.05, 4.69) is 5.32 Å². The summed E-state index contributed by atoms with van der Waals surface area (Å²) in [5.41, 5.74) is 2.18. The number of nitrogens with zero attached hydrogens (tertiary/aromatic N) is 2. The van der Waals surface area contributed by atoms with Crippen molar-refractivity contribution in [2.45, 2.75) is 62.9 Å². The lowest BCUT2D eigenvalue weighted by molar-refractivity contribution is -0.139. The van der Waals surface area contributed by atoms with E-state index in [1.165, 1.54) is 24.1 Å². The Labute approximate surface area is 243 Å². The van der Waals surface area contributed by atoms with E-state index in [1.54, 1.807) is 43.3 Å². The van der Waals surface area contributed by atoms with Crippen LogP contribution in [0.2, 0.25) is 0 Å². The summed E-state index contributed by atoms with van der Waals surface area (Å²) < 4.78 is 34.6. The Morgan fingerprint density at radius 1 is 0.951 bits per heavy atom. The summed E-state index contributed by atoms with van der Waals surface area (Å²) in [4.78, 5) is 28.9. The molecule has 1 N–H and O–H groups in total. The number of methoxy groups -OCH3 is 1. The molecular formula is C32H39N3O5S. The van der Waals surface area contributed by atoms with Crippen LogP contribution in [0.15, 0.2) is 83.8 Å². The standard InChI is InChI=1S/C32H39N3O5S/c1-24-17-19-28(20-18-24)41(38,39)35(29-15-9-10-16-30(29)40-3)23-31(36)34(22-21-26-11-5-4-6-12-26)25(2)32(37)33-27-13-7-8-14-27/h4-6,9-12,15-20,25,27H,7-8,13-14,21-23H2,1-3H3,(H,33,37). The van der Waals surface area contributed by atoms with Gasteiger partial charge in [0.25, 0.3) is 10.0 Å². The first-order chi connectivity index (χ1) is 19.7. The lowest BCUT2D eigenvalue weighted by Crippen LogP contribution is -2.53. The van der Waals surface area contributed by atoms with Gasteiger partial charge in [-0.05, 0) is 62.9 Å². The molecule has 1 aliphatic carbocycles. The normalized spacial score (nSPS) is 14.3. The van der Waals surface area contributed by atoms with Gasteiger partial charge in [0, 0.05) is 12.6 Å². The number of rotatable bonds is 12. The Morgan fingerprint density at radius 3 is 2.24 bits per heavy atom. The summed E-state index contributed by atoms with van der Waals surface area (Å²) >= 11 is 0. The van der Waals surface area contributed by atoms with E-state index < -0.39 is 28.5 Å². The van der Waals surface area contributed by atoms with Crippen LogP contribution in [-0.4, -0.2) is 57.4 Å². The topological polar surface area (TPSA) is 96.0 Å². The molecule has 1 unspecified atom stereocenters. The van der Waals surface area contributed by atoms with Crippen LogP contribution in [0.5, 0.6) is 5.75 Å². The van der Waals surface area contributed by atoms with Crippen molar-refractivity contribution in [3.8, 4) is 5.75 Å². The van der Waals surface area contributed by atoms with E-state index in [-0.39, 0.29) is 29.1 Å². The summed E-state index contributed by atoms with van der Waals surface area (Å²) in [6.45, 7) is 3.34. The van der Waals surface area contributed by atoms with Gasteiger partial charge in [-0.15, -0.1) is 0 Å². The van der Waals surface area contributed by atoms with Crippen LogP contribution in [-0.2, 0) is 26.0 Å². The van der Waals surface area contributed by atoms with E-state index in [4.69, 9.17) is 4.74 Å². The van der Waals surface area contributed by atoms with Gasteiger partial charge in [0.2, 0.25) is 11.8 Å². The Hall–Kier alpha value is -3.85. The summed E-state index contributed by atoms with van der Waals surface area (Å²) in [7, 11) is -2.70. The minimum atomic E-state index is -4.16. The molecule has 8 nitrogen and oxygen atoms in total. The Morgan fingerprint density at radius 2 is 1.59 bits per heavy atom. The summed E-state index contributed by atoms with van der Waals surface area (Å²) in [5, 5.41) is 3.09. The molecule has 1 fully saturated rings. The van der Waals surface area contributed by atoms with Crippen molar-refractivity contribution in [3.63, 3.8) is 0 Å². The van der Waals surface area contributed by atoms with E-state index >= 15 is 0 Å². The number of aryl methyl sites for hydroxylation is 1. The first-order valence-electron chi connectivity index (χ1n) is 14.1. The van der Waals surface area contributed by atoms with Gasteiger partial charge in [0.1, 0.15) is 18.3 Å². The van der Waals surface area contributed by atoms with Gasteiger partial charge in [-0.3, -0.25) is 13.9 Å². The number of para-hydroxylation sites is 2. The Bertz CT molecular complexity index is 1420. The molecule has 218 valence electrons. The highest BCUT2D eigenvalue weighted by molar-refractivity contribution is 7.92. The maximum absolute atomic E-state index is 14.1. The quantitative estimate of drug-likeness (QED) is 0.336. The van der Waals surface area contributed by atoms with Crippen LogP contribution in [0.3, 0.4) is 0 Å². The maximum Gasteiger partial charge on any atom is 0.264 e. The van der Waals surface area contributed by atoms with Gasteiger partial charge >= 0.3 is 0 Å². The molecule has 0 spiro atoms. The molecule has 0 aromatic heterocycles. The molecule has 1 aliphatic rings. The largest absolute Gasteiger partial charge is 0.495 e. The molecule has 4 rings (SSSR count). The number of anilines is 1. The molecule has 3 aromatic rings. The molecular weight excluding hydrogens is 538 g/mol. The lowest BCUT2D eigenvalue weighted by Gasteiger charge is -2.32. The second kappa shape index (κ2) is 13.7. The smallest absolute Gasteiger partial charge is 0.264 e. The zero-order valence-electron chi connectivity index (χ0n) is 24.0. The van der Waals surface area contributed by atoms with Crippen molar-refractivity contribution in [2.75, 3.05) is 24.5 Å². The molecule has 41 heavy (non-hydrogen) atoms. The number of hydrogen-bond acceptors (Lipinski definition) is 5. The molecule has 1 atom stereocenters. The van der Waals surface area contributed by atoms with E-state index in [0.717, 1.165) is 41.1 Å². The van der Waals surface area contributed by atoms with Gasteiger partial charge in [-0.2, -0.15) is 0 Å². The number of benzene rings is 3. The second-order valence-corrected chi connectivity index (χ2v) is 12.3. The zero-order chi connectivity index (χ0) is 29.4. The lowest BCUT2D eigenvalue weighted by atomic mass is 10.1. The average molecular weight is 578 g/mol. The van der Waals surface area contributed by atoms with Crippen LogP contribution in [0.4, 0.5) is 5.69 Å². The summed E-state index contributed by atoms with van der Waals surface area (Å²) in [5.74, 6) is -0.390. The minimum absolute atomic E-state index is 0.0599. The number of nitrogens with one attached hydrogen (secondary N) is 1. The van der Waals surface area contributed by atoms with Gasteiger partial charge in [-0.25, -0.2) is 8.42 Å². The van der Waals surface area contributed by atoms with Crippen LogP contribution in [0.1, 0.15) is 43.7 Å². The molecule has 0 saturated heterocycles. The SMILES string of the molecule is COc1ccccc1N(CC(=O)N(CCc1ccccc1)C(C)C(=O)NC1CCCC1)S(=O)(=O)c1ccc(C)cc1. The van der Waals surface area contributed by atoms with Crippen molar-refractivity contribution in [2.24, 2.45) is 0 Å². The molecule has 0 heterocycles. The van der Waals surface area contributed by atoms with Gasteiger partial charge < -0.3 is 15.0 Å². The highest BCUT2D eigenvalue weighted by atomic mass is 32.2. The van der Waals surface area contributed by atoms with Crippen LogP contribution >= 0.6 is 0 Å². The highest BCUT2D eigenvalue weighted by Gasteiger charge is 2.34. The van der Waals surface area contributed by atoms with Crippen LogP contribution < -0.4 is 14.4 Å². The number of sulfonamides is 1. The number of amides is 2. The van der Waals surface area contributed by atoms with Crippen molar-refractivity contribution in [1.82, 2.24) is 10.2 Å².